The quantitative estimate of drug-likeness (QED) is 0.401. The predicted octanol–water partition coefficient (Wildman–Crippen LogP) is -2.18. The molecule has 0 aromatic carbocycles. The molecule has 1 heterocycles. The summed E-state index contributed by atoms with van der Waals surface area (Å²) < 4.78 is 9.97. The Hall–Kier alpha value is -0.240. The van der Waals surface area contributed by atoms with Gasteiger partial charge in [0.2, 0.25) is 0 Å². The van der Waals surface area contributed by atoms with Gasteiger partial charge in [-0.05, 0) is 0 Å². The zero-order chi connectivity index (χ0) is 11.4. The van der Waals surface area contributed by atoms with Gasteiger partial charge >= 0.3 is 0 Å². The fourth-order valence-corrected chi connectivity index (χ4v) is 2.42. The van der Waals surface area contributed by atoms with Crippen molar-refractivity contribution in [1.29, 1.82) is 0 Å². The Labute approximate surface area is 87.1 Å². The summed E-state index contributed by atoms with van der Waals surface area (Å²) in [5.74, 6) is -0.537. The summed E-state index contributed by atoms with van der Waals surface area (Å²) in [6, 6.07) is 0. The lowest BCUT2D eigenvalue weighted by Crippen LogP contribution is -2.80. The molecule has 0 aromatic heterocycles. The average Bonchev–Trinajstić information content (AvgIpc) is 2.25. The molecule has 0 radical (unpaired) electrons. The minimum Gasteiger partial charge on any atom is -0.390 e. The van der Waals surface area contributed by atoms with E-state index in [9.17, 15) is 20.4 Å². The number of hydrogen-bond donors (Lipinski definition) is 4. The van der Waals surface area contributed by atoms with Gasteiger partial charge < -0.3 is 29.9 Å². The first kappa shape index (κ1) is 11.3. The Morgan fingerprint density at radius 1 is 1.20 bits per heavy atom. The summed E-state index contributed by atoms with van der Waals surface area (Å²) in [6.45, 7) is 1.59. The van der Waals surface area contributed by atoms with Crippen molar-refractivity contribution in [3.05, 3.63) is 0 Å². The monoisotopic (exact) mass is 220 g/mol. The maximum absolute atomic E-state index is 10.1. The lowest BCUT2D eigenvalue weighted by molar-refractivity contribution is -0.395. The topological polar surface area (TPSA) is 99.4 Å². The molecule has 1 saturated heterocycles. The summed E-state index contributed by atoms with van der Waals surface area (Å²) in [6.07, 6.45) is -5.47. The van der Waals surface area contributed by atoms with Gasteiger partial charge in [0.1, 0.15) is 23.9 Å². The predicted molar refractivity (Wildman–Crippen MR) is 47.8 cm³/mol. The molecule has 0 aromatic rings. The number of ether oxygens (including phenoxy) is 2. The molecular weight excluding hydrogens is 204 g/mol. The second-order valence-electron chi connectivity index (χ2n) is 4.26. The summed E-state index contributed by atoms with van der Waals surface area (Å²) in [4.78, 5) is 0. The molecule has 1 aliphatic carbocycles. The van der Waals surface area contributed by atoms with Crippen molar-refractivity contribution in [3.63, 3.8) is 0 Å². The fraction of sp³-hybridized carbons (Fsp3) is 1.00. The van der Waals surface area contributed by atoms with E-state index in [1.807, 2.05) is 0 Å². The maximum atomic E-state index is 10.1. The van der Waals surface area contributed by atoms with Gasteiger partial charge in [0.25, 0.3) is 0 Å². The third kappa shape index (κ3) is 1.20. The molecule has 88 valence electrons. The maximum Gasteiger partial charge on any atom is 0.186 e. The number of fused-ring (bicyclic) bond motifs is 1. The van der Waals surface area contributed by atoms with Crippen LogP contribution in [-0.4, -0.2) is 63.8 Å². The molecule has 1 aliphatic heterocycles. The van der Waals surface area contributed by atoms with Gasteiger partial charge in [0, 0.05) is 13.0 Å². The number of hydrogen-bond acceptors (Lipinski definition) is 6. The molecule has 4 N–H and O–H groups in total. The smallest absolute Gasteiger partial charge is 0.186 e. The Kier molecular flexibility index (Phi) is 2.53. The molecule has 6 heteroatoms. The van der Waals surface area contributed by atoms with Gasteiger partial charge in [-0.3, -0.25) is 0 Å². The molecule has 0 spiro atoms. The minimum atomic E-state index is -1.59. The standard InChI is InChI=1S/C9H16O6/c1-3-4(10)7-9(3,13)6(12)5(11)8(14-2)15-7/h3-8,10-13H,1-2H3/t3?,4?,5-,6-,7-,8+,9-/m1/s1. The van der Waals surface area contributed by atoms with Crippen molar-refractivity contribution >= 4 is 0 Å². The number of aliphatic hydroxyl groups excluding tert-OH is 3. The van der Waals surface area contributed by atoms with Gasteiger partial charge in [-0.15, -0.1) is 0 Å². The van der Waals surface area contributed by atoms with Crippen LogP contribution in [-0.2, 0) is 9.47 Å². The van der Waals surface area contributed by atoms with E-state index in [4.69, 9.17) is 9.47 Å². The normalized spacial score (nSPS) is 59.6. The second-order valence-corrected chi connectivity index (χ2v) is 4.26. The van der Waals surface area contributed by atoms with E-state index in [2.05, 4.69) is 0 Å². The largest absolute Gasteiger partial charge is 0.390 e. The minimum absolute atomic E-state index is 0.537. The van der Waals surface area contributed by atoms with Crippen LogP contribution in [0.5, 0.6) is 0 Å². The van der Waals surface area contributed by atoms with Crippen LogP contribution < -0.4 is 0 Å². The highest BCUT2D eigenvalue weighted by Crippen LogP contribution is 2.48. The summed E-state index contributed by atoms with van der Waals surface area (Å²) >= 11 is 0. The highest BCUT2D eigenvalue weighted by Gasteiger charge is 2.69. The highest BCUT2D eigenvalue weighted by atomic mass is 16.7. The van der Waals surface area contributed by atoms with Crippen LogP contribution >= 0.6 is 0 Å². The number of aliphatic hydroxyl groups is 4. The first-order valence-electron chi connectivity index (χ1n) is 4.89. The van der Waals surface area contributed by atoms with Crippen molar-refractivity contribution in [1.82, 2.24) is 0 Å². The zero-order valence-electron chi connectivity index (χ0n) is 8.57. The molecule has 6 nitrogen and oxygen atoms in total. The van der Waals surface area contributed by atoms with E-state index in [1.165, 1.54) is 7.11 Å². The molecule has 0 bridgehead atoms. The van der Waals surface area contributed by atoms with Crippen LogP contribution in [0.1, 0.15) is 6.92 Å². The molecule has 1 saturated carbocycles. The van der Waals surface area contributed by atoms with Crippen LogP contribution in [0.25, 0.3) is 0 Å². The average molecular weight is 220 g/mol. The third-order valence-electron chi connectivity index (χ3n) is 3.60. The third-order valence-corrected chi connectivity index (χ3v) is 3.60. The molecule has 2 unspecified atom stereocenters. The molecule has 15 heavy (non-hydrogen) atoms. The Bertz CT molecular complexity index is 255. The molecule has 0 amide bonds. The van der Waals surface area contributed by atoms with E-state index in [-0.39, 0.29) is 0 Å². The van der Waals surface area contributed by atoms with Gasteiger partial charge in [0.05, 0.1) is 6.10 Å². The van der Waals surface area contributed by atoms with E-state index >= 15 is 0 Å². The molecule has 2 fully saturated rings. The highest BCUT2D eigenvalue weighted by molar-refractivity contribution is 5.17. The van der Waals surface area contributed by atoms with Crippen molar-refractivity contribution < 1.29 is 29.9 Å². The van der Waals surface area contributed by atoms with Crippen molar-refractivity contribution in [2.75, 3.05) is 7.11 Å². The summed E-state index contributed by atoms with van der Waals surface area (Å²) in [7, 11) is 1.32. The lowest BCUT2D eigenvalue weighted by Gasteiger charge is -2.60. The molecule has 2 aliphatic rings. The zero-order valence-corrected chi connectivity index (χ0v) is 8.57. The van der Waals surface area contributed by atoms with Gasteiger partial charge in [-0.2, -0.15) is 0 Å². The lowest BCUT2D eigenvalue weighted by atomic mass is 9.60. The summed E-state index contributed by atoms with van der Waals surface area (Å²) in [5, 5.41) is 39.0. The molecule has 7 atom stereocenters. The first-order valence-corrected chi connectivity index (χ1v) is 4.89. The van der Waals surface area contributed by atoms with Crippen LogP contribution in [0, 0.1) is 5.92 Å². The summed E-state index contributed by atoms with van der Waals surface area (Å²) in [5.41, 5.74) is -1.59. The second kappa shape index (κ2) is 3.38. The van der Waals surface area contributed by atoms with Gasteiger partial charge in [0.15, 0.2) is 6.29 Å². The van der Waals surface area contributed by atoms with Crippen molar-refractivity contribution in [2.24, 2.45) is 5.92 Å². The van der Waals surface area contributed by atoms with E-state index in [1.54, 1.807) is 6.92 Å². The van der Waals surface area contributed by atoms with E-state index in [0.29, 0.717) is 0 Å². The Morgan fingerprint density at radius 2 is 1.80 bits per heavy atom. The van der Waals surface area contributed by atoms with Crippen LogP contribution in [0.2, 0.25) is 0 Å². The van der Waals surface area contributed by atoms with Gasteiger partial charge in [-0.25, -0.2) is 0 Å². The van der Waals surface area contributed by atoms with Crippen LogP contribution in [0.15, 0.2) is 0 Å². The number of methoxy groups -OCH3 is 1. The van der Waals surface area contributed by atoms with E-state index < -0.39 is 42.2 Å². The number of rotatable bonds is 1. The fourth-order valence-electron chi connectivity index (χ4n) is 2.42. The SMILES string of the molecule is CO[C@H]1O[C@@H]2C(O)C(C)[C@@]2(O)[C@H](O)[C@H]1O. The van der Waals surface area contributed by atoms with E-state index in [0.717, 1.165) is 0 Å². The van der Waals surface area contributed by atoms with Crippen molar-refractivity contribution in [2.45, 2.75) is 43.2 Å². The molecule has 2 rings (SSSR count). The first-order chi connectivity index (χ1) is 6.94. The Balaban J connectivity index is 2.23. The van der Waals surface area contributed by atoms with Crippen molar-refractivity contribution in [3.8, 4) is 0 Å². The molecular formula is C9H16O6. The Morgan fingerprint density at radius 3 is 2.33 bits per heavy atom. The van der Waals surface area contributed by atoms with Crippen LogP contribution in [0.4, 0.5) is 0 Å². The van der Waals surface area contributed by atoms with Gasteiger partial charge in [-0.1, -0.05) is 6.92 Å². The van der Waals surface area contributed by atoms with Crippen LogP contribution in [0.3, 0.4) is 0 Å².